The molecule has 1 atom stereocenters. The summed E-state index contributed by atoms with van der Waals surface area (Å²) in [5.41, 5.74) is 1.24. The molecular weight excluding hydrogens is 238 g/mol. The van der Waals surface area contributed by atoms with E-state index in [-0.39, 0.29) is 0 Å². The van der Waals surface area contributed by atoms with E-state index in [2.05, 4.69) is 48.1 Å². The second-order valence-corrected chi connectivity index (χ2v) is 5.67. The van der Waals surface area contributed by atoms with E-state index in [1.54, 1.807) is 0 Å². The van der Waals surface area contributed by atoms with E-state index >= 15 is 0 Å². The third-order valence-corrected chi connectivity index (χ3v) is 3.35. The molecule has 1 aromatic heterocycles. The van der Waals surface area contributed by atoms with E-state index in [4.69, 9.17) is 4.74 Å². The normalized spacial score (nSPS) is 20.0. The molecular formula is C15H25N3O. The van der Waals surface area contributed by atoms with Gasteiger partial charge in [-0.1, -0.05) is 19.9 Å². The standard InChI is InChI=1S/C15H25N3O/c1-12(2)8-16-9-14-4-5-15(17-10-14)18-6-7-19-11-13(18)3/h4-5,10,12-13,16H,6-9,11H2,1-3H3. The number of nitrogens with zero attached hydrogens (tertiary/aromatic N) is 2. The molecule has 1 aliphatic rings. The molecule has 1 aliphatic heterocycles. The van der Waals surface area contributed by atoms with E-state index in [9.17, 15) is 0 Å². The monoisotopic (exact) mass is 263 g/mol. The van der Waals surface area contributed by atoms with Gasteiger partial charge in [0.2, 0.25) is 0 Å². The molecule has 1 unspecified atom stereocenters. The maximum absolute atomic E-state index is 5.45. The van der Waals surface area contributed by atoms with Crippen molar-refractivity contribution in [1.29, 1.82) is 0 Å². The van der Waals surface area contributed by atoms with Crippen LogP contribution in [-0.4, -0.2) is 37.3 Å². The van der Waals surface area contributed by atoms with Gasteiger partial charge in [0.1, 0.15) is 5.82 Å². The lowest BCUT2D eigenvalue weighted by atomic mass is 10.2. The van der Waals surface area contributed by atoms with E-state index in [1.807, 2.05) is 6.20 Å². The Labute approximate surface area is 116 Å². The number of morpholine rings is 1. The maximum atomic E-state index is 5.45. The smallest absolute Gasteiger partial charge is 0.128 e. The highest BCUT2D eigenvalue weighted by Crippen LogP contribution is 2.17. The van der Waals surface area contributed by atoms with Crippen LogP contribution in [0.2, 0.25) is 0 Å². The first kappa shape index (κ1) is 14.3. The lowest BCUT2D eigenvalue weighted by Crippen LogP contribution is -2.44. The summed E-state index contributed by atoms with van der Waals surface area (Å²) in [4.78, 5) is 6.90. The van der Waals surface area contributed by atoms with Crippen molar-refractivity contribution >= 4 is 5.82 Å². The van der Waals surface area contributed by atoms with Gasteiger partial charge in [-0.2, -0.15) is 0 Å². The predicted molar refractivity (Wildman–Crippen MR) is 78.4 cm³/mol. The minimum absolute atomic E-state index is 0.408. The zero-order valence-electron chi connectivity index (χ0n) is 12.2. The van der Waals surface area contributed by atoms with Crippen molar-refractivity contribution in [1.82, 2.24) is 10.3 Å². The van der Waals surface area contributed by atoms with Crippen molar-refractivity contribution in [3.05, 3.63) is 23.9 Å². The van der Waals surface area contributed by atoms with Crippen LogP contribution < -0.4 is 10.2 Å². The Hall–Kier alpha value is -1.13. The topological polar surface area (TPSA) is 37.4 Å². The van der Waals surface area contributed by atoms with Gasteiger partial charge >= 0.3 is 0 Å². The molecule has 0 bridgehead atoms. The molecule has 106 valence electrons. The van der Waals surface area contributed by atoms with Crippen LogP contribution in [0.5, 0.6) is 0 Å². The number of anilines is 1. The number of pyridine rings is 1. The van der Waals surface area contributed by atoms with Gasteiger partial charge < -0.3 is 15.0 Å². The third-order valence-electron chi connectivity index (χ3n) is 3.35. The number of hydrogen-bond donors (Lipinski definition) is 1. The Balaban J connectivity index is 1.90. The van der Waals surface area contributed by atoms with Gasteiger partial charge in [0.15, 0.2) is 0 Å². The SMILES string of the molecule is CC(C)CNCc1ccc(N2CCOCC2C)nc1. The van der Waals surface area contributed by atoms with E-state index in [0.717, 1.165) is 38.7 Å². The molecule has 2 rings (SSSR count). The van der Waals surface area contributed by atoms with Gasteiger partial charge in [0.05, 0.1) is 19.3 Å². The van der Waals surface area contributed by atoms with Crippen LogP contribution in [-0.2, 0) is 11.3 Å². The van der Waals surface area contributed by atoms with Gasteiger partial charge in [-0.05, 0) is 31.0 Å². The Kier molecular flexibility index (Phi) is 5.16. The lowest BCUT2D eigenvalue weighted by Gasteiger charge is -2.34. The highest BCUT2D eigenvalue weighted by atomic mass is 16.5. The fraction of sp³-hybridized carbons (Fsp3) is 0.667. The number of ether oxygens (including phenoxy) is 1. The van der Waals surface area contributed by atoms with Crippen molar-refractivity contribution in [3.63, 3.8) is 0 Å². The first-order valence-electron chi connectivity index (χ1n) is 7.17. The van der Waals surface area contributed by atoms with Crippen LogP contribution in [0.15, 0.2) is 18.3 Å². The van der Waals surface area contributed by atoms with E-state index in [0.29, 0.717) is 12.0 Å². The Morgan fingerprint density at radius 1 is 1.47 bits per heavy atom. The van der Waals surface area contributed by atoms with Gasteiger partial charge in [0.25, 0.3) is 0 Å². The van der Waals surface area contributed by atoms with Crippen molar-refractivity contribution in [2.75, 3.05) is 31.2 Å². The summed E-state index contributed by atoms with van der Waals surface area (Å²) in [7, 11) is 0. The van der Waals surface area contributed by atoms with Crippen LogP contribution in [0.1, 0.15) is 26.3 Å². The molecule has 1 saturated heterocycles. The molecule has 0 aliphatic carbocycles. The van der Waals surface area contributed by atoms with E-state index < -0.39 is 0 Å². The molecule has 1 N–H and O–H groups in total. The zero-order valence-corrected chi connectivity index (χ0v) is 12.2. The summed E-state index contributed by atoms with van der Waals surface area (Å²) in [6, 6.07) is 4.69. The first-order valence-corrected chi connectivity index (χ1v) is 7.17. The molecule has 0 amide bonds. The van der Waals surface area contributed by atoms with Crippen molar-refractivity contribution < 1.29 is 4.74 Å². The van der Waals surface area contributed by atoms with Crippen LogP contribution >= 0.6 is 0 Å². The Morgan fingerprint density at radius 2 is 2.32 bits per heavy atom. The summed E-state index contributed by atoms with van der Waals surface area (Å²) in [5.74, 6) is 1.74. The quantitative estimate of drug-likeness (QED) is 0.882. The van der Waals surface area contributed by atoms with Crippen LogP contribution in [0.3, 0.4) is 0 Å². The first-order chi connectivity index (χ1) is 9.16. The molecule has 1 fully saturated rings. The highest BCUT2D eigenvalue weighted by molar-refractivity contribution is 5.40. The summed E-state index contributed by atoms with van der Waals surface area (Å²) in [5, 5.41) is 3.44. The molecule has 4 heteroatoms. The third kappa shape index (κ3) is 4.18. The minimum Gasteiger partial charge on any atom is -0.377 e. The minimum atomic E-state index is 0.408. The fourth-order valence-electron chi connectivity index (χ4n) is 2.26. The Morgan fingerprint density at radius 3 is 2.95 bits per heavy atom. The summed E-state index contributed by atoms with van der Waals surface area (Å²) >= 11 is 0. The molecule has 4 nitrogen and oxygen atoms in total. The van der Waals surface area contributed by atoms with Crippen molar-refractivity contribution in [2.45, 2.75) is 33.4 Å². The molecule has 1 aromatic rings. The number of aromatic nitrogens is 1. The average molecular weight is 263 g/mol. The van der Waals surface area contributed by atoms with Crippen LogP contribution in [0.25, 0.3) is 0 Å². The maximum Gasteiger partial charge on any atom is 0.128 e. The largest absolute Gasteiger partial charge is 0.377 e. The van der Waals surface area contributed by atoms with Crippen molar-refractivity contribution in [3.8, 4) is 0 Å². The second kappa shape index (κ2) is 6.87. The van der Waals surface area contributed by atoms with Gasteiger partial charge in [0, 0.05) is 19.3 Å². The molecule has 2 heterocycles. The molecule has 0 aromatic carbocycles. The molecule has 0 spiro atoms. The van der Waals surface area contributed by atoms with E-state index in [1.165, 1.54) is 5.56 Å². The van der Waals surface area contributed by atoms with Crippen molar-refractivity contribution in [2.24, 2.45) is 5.92 Å². The Bertz CT molecular complexity index is 377. The fourth-order valence-corrected chi connectivity index (χ4v) is 2.26. The van der Waals surface area contributed by atoms with Crippen LogP contribution in [0, 0.1) is 5.92 Å². The molecule has 0 radical (unpaired) electrons. The van der Waals surface area contributed by atoms with Crippen LogP contribution in [0.4, 0.5) is 5.82 Å². The predicted octanol–water partition coefficient (Wildman–Crippen LogP) is 2.05. The highest BCUT2D eigenvalue weighted by Gasteiger charge is 2.19. The lowest BCUT2D eigenvalue weighted by molar-refractivity contribution is 0.0985. The number of hydrogen-bond acceptors (Lipinski definition) is 4. The summed E-state index contributed by atoms with van der Waals surface area (Å²) in [6.07, 6.45) is 1.98. The number of rotatable bonds is 5. The van der Waals surface area contributed by atoms with Gasteiger partial charge in [-0.25, -0.2) is 4.98 Å². The van der Waals surface area contributed by atoms with Gasteiger partial charge in [-0.3, -0.25) is 0 Å². The summed E-state index contributed by atoms with van der Waals surface area (Å²) < 4.78 is 5.45. The summed E-state index contributed by atoms with van der Waals surface area (Å²) in [6.45, 7) is 11.1. The average Bonchev–Trinajstić information content (AvgIpc) is 2.40. The van der Waals surface area contributed by atoms with Gasteiger partial charge in [-0.15, -0.1) is 0 Å². The zero-order chi connectivity index (χ0) is 13.7. The molecule has 0 saturated carbocycles. The number of nitrogens with one attached hydrogen (secondary N) is 1. The molecule has 19 heavy (non-hydrogen) atoms. The second-order valence-electron chi connectivity index (χ2n) is 5.67.